The second-order valence-electron chi connectivity index (χ2n) is 9.06. The molecule has 0 aliphatic heterocycles. The summed E-state index contributed by atoms with van der Waals surface area (Å²) in [7, 11) is 0. The molecule has 7 heteroatoms. The lowest BCUT2D eigenvalue weighted by Crippen LogP contribution is -2.34. The van der Waals surface area contributed by atoms with E-state index in [9.17, 15) is 9.59 Å². The van der Waals surface area contributed by atoms with Crippen LogP contribution >= 0.6 is 0 Å². The molecule has 5 rings (SSSR count). The Labute approximate surface area is 193 Å². The summed E-state index contributed by atoms with van der Waals surface area (Å²) in [5.74, 6) is 1.08. The number of amides is 2. The van der Waals surface area contributed by atoms with E-state index in [1.165, 1.54) is 6.42 Å². The second kappa shape index (κ2) is 9.57. The van der Waals surface area contributed by atoms with Crippen LogP contribution < -0.4 is 10.6 Å². The van der Waals surface area contributed by atoms with Crippen molar-refractivity contribution < 1.29 is 14.1 Å². The van der Waals surface area contributed by atoms with Gasteiger partial charge in [0.25, 0.3) is 11.8 Å². The van der Waals surface area contributed by atoms with Crippen LogP contribution in [-0.4, -0.2) is 22.0 Å². The molecule has 7 nitrogen and oxygen atoms in total. The van der Waals surface area contributed by atoms with E-state index in [-0.39, 0.29) is 17.9 Å². The van der Waals surface area contributed by atoms with Crippen LogP contribution in [-0.2, 0) is 0 Å². The van der Waals surface area contributed by atoms with Gasteiger partial charge in [-0.15, -0.1) is 0 Å². The number of aromatic nitrogens is 2. The van der Waals surface area contributed by atoms with Gasteiger partial charge in [-0.05, 0) is 61.4 Å². The fraction of sp³-hybridized carbons (Fsp3) is 0.385. The fourth-order valence-electron chi connectivity index (χ4n) is 4.63. The Morgan fingerprint density at radius 2 is 1.82 bits per heavy atom. The lowest BCUT2D eigenvalue weighted by atomic mass is 9.80. The molecule has 33 heavy (non-hydrogen) atoms. The second-order valence-corrected chi connectivity index (χ2v) is 9.06. The largest absolute Gasteiger partial charge is 0.360 e. The first kappa shape index (κ1) is 21.4. The Morgan fingerprint density at radius 1 is 0.970 bits per heavy atom. The molecule has 3 aromatic rings. The average molecular weight is 445 g/mol. The number of carbonyl (C=O) groups excluding carboxylic acids is 2. The molecule has 0 saturated heterocycles. The molecule has 2 amide bonds. The maximum Gasteiger partial charge on any atom is 0.273 e. The van der Waals surface area contributed by atoms with Crippen molar-refractivity contribution in [1.82, 2.24) is 15.5 Å². The van der Waals surface area contributed by atoms with Gasteiger partial charge >= 0.3 is 0 Å². The maximum absolute atomic E-state index is 13.1. The molecule has 2 aromatic heterocycles. The summed E-state index contributed by atoms with van der Waals surface area (Å²) >= 11 is 0. The molecule has 0 bridgehead atoms. The number of nitrogens with one attached hydrogen (secondary N) is 2. The minimum atomic E-state index is -0.230. The van der Waals surface area contributed by atoms with Crippen molar-refractivity contribution in [2.24, 2.45) is 5.92 Å². The number of carbonyl (C=O) groups is 2. The molecule has 2 N–H and O–H groups in total. The number of benzene rings is 1. The third-order valence-electron chi connectivity index (χ3n) is 6.58. The quantitative estimate of drug-likeness (QED) is 0.519. The van der Waals surface area contributed by atoms with Crippen molar-refractivity contribution in [3.8, 4) is 0 Å². The Kier molecular flexibility index (Phi) is 6.19. The Bertz CT molecular complexity index is 1120. The molecule has 0 spiro atoms. The highest BCUT2D eigenvalue weighted by Crippen LogP contribution is 2.40. The zero-order valence-electron chi connectivity index (χ0n) is 18.5. The smallest absolute Gasteiger partial charge is 0.273 e. The van der Waals surface area contributed by atoms with Gasteiger partial charge in [0.15, 0.2) is 5.69 Å². The lowest BCUT2D eigenvalue weighted by molar-refractivity contribution is 0.0903. The van der Waals surface area contributed by atoms with Crippen molar-refractivity contribution in [3.63, 3.8) is 0 Å². The lowest BCUT2D eigenvalue weighted by Gasteiger charge is -2.31. The van der Waals surface area contributed by atoms with Gasteiger partial charge in [0.1, 0.15) is 5.76 Å². The third-order valence-corrected chi connectivity index (χ3v) is 6.58. The van der Waals surface area contributed by atoms with Crippen molar-refractivity contribution in [1.29, 1.82) is 0 Å². The van der Waals surface area contributed by atoms with Gasteiger partial charge < -0.3 is 15.2 Å². The van der Waals surface area contributed by atoms with Gasteiger partial charge in [-0.3, -0.25) is 14.6 Å². The molecule has 1 atom stereocenters. The first-order chi connectivity index (χ1) is 16.2. The van der Waals surface area contributed by atoms with E-state index in [2.05, 4.69) is 20.8 Å². The standard InChI is InChI=1S/C26H28N4O3/c31-25(28-21-10-5-13-27-16-21)20-9-4-8-19(14-20)24(18-6-2-1-3-7-18)29-26(32)22-15-23(33-30-22)17-11-12-17/h4-5,8-10,13-18,24H,1-3,6-7,11-12H2,(H,28,31)(H,29,32)/t24-/m1/s1. The van der Waals surface area contributed by atoms with Crippen LogP contribution in [0.5, 0.6) is 0 Å². The zero-order chi connectivity index (χ0) is 22.6. The van der Waals surface area contributed by atoms with E-state index in [0.29, 0.717) is 28.8 Å². The van der Waals surface area contributed by atoms with E-state index < -0.39 is 0 Å². The van der Waals surface area contributed by atoms with Crippen molar-refractivity contribution >= 4 is 17.5 Å². The van der Waals surface area contributed by atoms with Crippen molar-refractivity contribution in [2.75, 3.05) is 5.32 Å². The van der Waals surface area contributed by atoms with Gasteiger partial charge in [-0.1, -0.05) is 36.6 Å². The average Bonchev–Trinajstić information content (AvgIpc) is 3.59. The Morgan fingerprint density at radius 3 is 2.58 bits per heavy atom. The monoisotopic (exact) mass is 444 g/mol. The molecule has 170 valence electrons. The summed E-state index contributed by atoms with van der Waals surface area (Å²) in [5.41, 5.74) is 2.44. The number of nitrogens with zero attached hydrogens (tertiary/aromatic N) is 2. The van der Waals surface area contributed by atoms with Gasteiger partial charge in [-0.25, -0.2) is 0 Å². The first-order valence-electron chi connectivity index (χ1n) is 11.8. The van der Waals surface area contributed by atoms with Crippen LogP contribution in [0.4, 0.5) is 5.69 Å². The Balaban J connectivity index is 1.37. The Hall–Kier alpha value is -3.48. The van der Waals surface area contributed by atoms with Crippen LogP contribution in [0.15, 0.2) is 59.4 Å². The number of rotatable bonds is 7. The molecule has 2 aliphatic carbocycles. The maximum atomic E-state index is 13.1. The molecule has 1 aromatic carbocycles. The third kappa shape index (κ3) is 5.13. The minimum absolute atomic E-state index is 0.190. The summed E-state index contributed by atoms with van der Waals surface area (Å²) in [6.45, 7) is 0. The first-order valence-corrected chi connectivity index (χ1v) is 11.8. The summed E-state index contributed by atoms with van der Waals surface area (Å²) in [6, 6.07) is 12.7. The van der Waals surface area contributed by atoms with Crippen LogP contribution in [0.1, 0.15) is 89.1 Å². The van der Waals surface area contributed by atoms with Crippen molar-refractivity contribution in [2.45, 2.75) is 56.9 Å². The van der Waals surface area contributed by atoms with E-state index in [4.69, 9.17) is 4.52 Å². The predicted octanol–water partition coefficient (Wildman–Crippen LogP) is 5.25. The SMILES string of the molecule is O=C(Nc1cccnc1)c1cccc([C@H](NC(=O)c2cc(C3CC3)on2)C2CCCCC2)c1. The minimum Gasteiger partial charge on any atom is -0.360 e. The van der Waals surface area contributed by atoms with Gasteiger partial charge in [0.2, 0.25) is 0 Å². The number of anilines is 1. The van der Waals surface area contributed by atoms with E-state index in [0.717, 1.165) is 49.8 Å². The number of pyridine rings is 1. The molecule has 0 radical (unpaired) electrons. The van der Waals surface area contributed by atoms with E-state index >= 15 is 0 Å². The van der Waals surface area contributed by atoms with Crippen LogP contribution in [0.2, 0.25) is 0 Å². The number of hydrogen-bond acceptors (Lipinski definition) is 5. The highest BCUT2D eigenvalue weighted by Gasteiger charge is 2.31. The zero-order valence-corrected chi connectivity index (χ0v) is 18.5. The molecule has 0 unspecified atom stereocenters. The van der Waals surface area contributed by atoms with Crippen LogP contribution in [0.25, 0.3) is 0 Å². The summed E-state index contributed by atoms with van der Waals surface area (Å²) in [4.78, 5) is 29.9. The molecular formula is C26H28N4O3. The normalized spacial score (nSPS) is 17.3. The van der Waals surface area contributed by atoms with Gasteiger partial charge in [-0.2, -0.15) is 0 Å². The van der Waals surface area contributed by atoms with E-state index in [1.54, 1.807) is 36.7 Å². The number of hydrogen-bond donors (Lipinski definition) is 2. The van der Waals surface area contributed by atoms with Crippen LogP contribution in [0, 0.1) is 5.92 Å². The van der Waals surface area contributed by atoms with E-state index in [1.807, 2.05) is 18.2 Å². The van der Waals surface area contributed by atoms with Gasteiger partial charge in [0.05, 0.1) is 17.9 Å². The molecular weight excluding hydrogens is 416 g/mol. The highest BCUT2D eigenvalue weighted by molar-refractivity contribution is 6.04. The molecule has 2 heterocycles. The summed E-state index contributed by atoms with van der Waals surface area (Å²) < 4.78 is 5.38. The molecule has 2 aliphatic rings. The molecule has 2 fully saturated rings. The highest BCUT2D eigenvalue weighted by atomic mass is 16.5. The summed E-state index contributed by atoms with van der Waals surface area (Å²) in [6.07, 6.45) is 11.1. The van der Waals surface area contributed by atoms with Gasteiger partial charge in [0, 0.05) is 23.7 Å². The predicted molar refractivity (Wildman–Crippen MR) is 124 cm³/mol. The fourth-order valence-corrected chi connectivity index (χ4v) is 4.63. The van der Waals surface area contributed by atoms with Crippen molar-refractivity contribution in [3.05, 3.63) is 77.4 Å². The van der Waals surface area contributed by atoms with Crippen LogP contribution in [0.3, 0.4) is 0 Å². The topological polar surface area (TPSA) is 97.1 Å². The molecule has 2 saturated carbocycles. The summed E-state index contributed by atoms with van der Waals surface area (Å²) in [5, 5.41) is 10.1.